The first-order valence-electron chi connectivity index (χ1n) is 10.1. The van der Waals surface area contributed by atoms with Crippen LogP contribution in [-0.2, 0) is 13.1 Å². The first-order valence-corrected chi connectivity index (χ1v) is 10.1. The van der Waals surface area contributed by atoms with Gasteiger partial charge < -0.3 is 14.8 Å². The van der Waals surface area contributed by atoms with Crippen LogP contribution in [0.3, 0.4) is 0 Å². The summed E-state index contributed by atoms with van der Waals surface area (Å²) in [6.45, 7) is 0.422. The fourth-order valence-corrected chi connectivity index (χ4v) is 3.70. The third kappa shape index (κ3) is 3.92. The quantitative estimate of drug-likeness (QED) is 0.581. The maximum Gasteiger partial charge on any atom is 0.261 e. The molecule has 4 rings (SSSR count). The number of amides is 3. The molecule has 0 radical (unpaired) electrons. The van der Waals surface area contributed by atoms with E-state index in [1.807, 2.05) is 12.1 Å². The highest BCUT2D eigenvalue weighted by molar-refractivity contribution is 6.21. The van der Waals surface area contributed by atoms with Crippen LogP contribution in [0.25, 0.3) is 0 Å². The average molecular weight is 430 g/mol. The van der Waals surface area contributed by atoms with Gasteiger partial charge in [0.15, 0.2) is 11.5 Å². The number of carbonyl (C=O) groups excluding carboxylic acids is 3. The van der Waals surface area contributed by atoms with Crippen LogP contribution in [0.1, 0.15) is 42.2 Å². The summed E-state index contributed by atoms with van der Waals surface area (Å²) in [6, 6.07) is 19.1. The van der Waals surface area contributed by atoms with E-state index >= 15 is 0 Å². The first-order chi connectivity index (χ1) is 15.5. The number of nitrogens with one attached hydrogen (secondary N) is 1. The number of methoxy groups -OCH3 is 2. The minimum atomic E-state index is -0.306. The van der Waals surface area contributed by atoms with E-state index in [2.05, 4.69) is 5.32 Å². The maximum absolute atomic E-state index is 12.6. The number of fused-ring (bicyclic) bond motifs is 1. The molecule has 0 spiro atoms. The number of rotatable bonds is 7. The van der Waals surface area contributed by atoms with Crippen LogP contribution in [0.5, 0.6) is 11.5 Å². The van der Waals surface area contributed by atoms with Crippen LogP contribution < -0.4 is 14.8 Å². The molecule has 3 aromatic carbocycles. The molecule has 0 saturated heterocycles. The second kappa shape index (κ2) is 8.93. The molecule has 0 atom stereocenters. The first kappa shape index (κ1) is 21.1. The van der Waals surface area contributed by atoms with Gasteiger partial charge in [-0.2, -0.15) is 0 Å². The van der Waals surface area contributed by atoms with Crippen LogP contribution in [0, 0.1) is 0 Å². The van der Waals surface area contributed by atoms with Crippen molar-refractivity contribution in [3.63, 3.8) is 0 Å². The lowest BCUT2D eigenvalue weighted by atomic mass is 10.1. The molecular weight excluding hydrogens is 408 g/mol. The minimum absolute atomic E-state index is 0.148. The summed E-state index contributed by atoms with van der Waals surface area (Å²) in [6.07, 6.45) is 0. The summed E-state index contributed by atoms with van der Waals surface area (Å²) in [7, 11) is 3.11. The van der Waals surface area contributed by atoms with Gasteiger partial charge >= 0.3 is 0 Å². The van der Waals surface area contributed by atoms with E-state index < -0.39 is 0 Å². The fraction of sp³-hybridized carbons (Fsp3) is 0.160. The Morgan fingerprint density at radius 3 is 2.09 bits per heavy atom. The van der Waals surface area contributed by atoms with Gasteiger partial charge in [-0.1, -0.05) is 36.4 Å². The van der Waals surface area contributed by atoms with Gasteiger partial charge in [-0.15, -0.1) is 0 Å². The van der Waals surface area contributed by atoms with E-state index in [9.17, 15) is 14.4 Å². The van der Waals surface area contributed by atoms with E-state index in [-0.39, 0.29) is 30.8 Å². The molecule has 1 heterocycles. The fourth-order valence-electron chi connectivity index (χ4n) is 3.70. The zero-order chi connectivity index (χ0) is 22.7. The van der Waals surface area contributed by atoms with Gasteiger partial charge in [0.25, 0.3) is 17.7 Å². The molecule has 1 aliphatic rings. The minimum Gasteiger partial charge on any atom is -0.493 e. The molecule has 32 heavy (non-hydrogen) atoms. The third-order valence-corrected chi connectivity index (χ3v) is 5.36. The highest BCUT2D eigenvalue weighted by Gasteiger charge is 2.34. The molecule has 0 unspecified atom stereocenters. The Morgan fingerprint density at radius 1 is 0.844 bits per heavy atom. The predicted octanol–water partition coefficient (Wildman–Crippen LogP) is 3.43. The number of nitrogens with zero attached hydrogens (tertiary/aromatic N) is 1. The van der Waals surface area contributed by atoms with Crippen LogP contribution in [0.4, 0.5) is 0 Å². The second-order valence-corrected chi connectivity index (χ2v) is 7.27. The van der Waals surface area contributed by atoms with Gasteiger partial charge in [0.1, 0.15) is 0 Å². The average Bonchev–Trinajstić information content (AvgIpc) is 3.07. The summed E-state index contributed by atoms with van der Waals surface area (Å²) in [5.41, 5.74) is 2.86. The Labute approximate surface area is 185 Å². The predicted molar refractivity (Wildman–Crippen MR) is 118 cm³/mol. The van der Waals surface area contributed by atoms with Crippen LogP contribution in [-0.4, -0.2) is 36.8 Å². The Bertz CT molecular complexity index is 1150. The van der Waals surface area contributed by atoms with Crippen molar-refractivity contribution >= 4 is 17.7 Å². The van der Waals surface area contributed by atoms with Crippen LogP contribution in [0.15, 0.2) is 66.7 Å². The van der Waals surface area contributed by atoms with E-state index in [1.165, 1.54) is 4.90 Å². The lowest BCUT2D eigenvalue weighted by Crippen LogP contribution is -2.29. The van der Waals surface area contributed by atoms with Crippen LogP contribution in [0.2, 0.25) is 0 Å². The lowest BCUT2D eigenvalue weighted by Gasteiger charge is -2.15. The number of ether oxygens (including phenoxy) is 2. The highest BCUT2D eigenvalue weighted by atomic mass is 16.5. The molecule has 0 aliphatic carbocycles. The normalized spacial score (nSPS) is 12.5. The zero-order valence-corrected chi connectivity index (χ0v) is 17.8. The van der Waals surface area contributed by atoms with Crippen molar-refractivity contribution in [2.24, 2.45) is 0 Å². The van der Waals surface area contributed by atoms with Crippen molar-refractivity contribution in [3.05, 3.63) is 94.5 Å². The SMILES string of the molecule is COc1cccc(CNC(=O)c2ccc(CN3C(=O)c4ccccc4C3=O)cc2)c1OC. The lowest BCUT2D eigenvalue weighted by molar-refractivity contribution is 0.0641. The van der Waals surface area contributed by atoms with E-state index in [0.29, 0.717) is 28.2 Å². The van der Waals surface area contributed by atoms with Crippen LogP contribution >= 0.6 is 0 Å². The summed E-state index contributed by atoms with van der Waals surface area (Å²) in [5.74, 6) is 0.310. The number of para-hydroxylation sites is 1. The van der Waals surface area contributed by atoms with E-state index in [1.54, 1.807) is 68.8 Å². The van der Waals surface area contributed by atoms with Gasteiger partial charge in [-0.05, 0) is 35.9 Å². The number of imide groups is 1. The summed E-state index contributed by atoms with van der Waals surface area (Å²) < 4.78 is 10.7. The standard InChI is InChI=1S/C25H22N2O5/c1-31-21-9-5-6-18(22(21)32-2)14-26-23(28)17-12-10-16(11-13-17)15-27-24(29)19-7-3-4-8-20(19)25(27)30/h3-13H,14-15H2,1-2H3,(H,26,28). The van der Waals surface area contributed by atoms with Gasteiger partial charge in [-0.3, -0.25) is 19.3 Å². The monoisotopic (exact) mass is 430 g/mol. The molecule has 0 aromatic heterocycles. The van der Waals surface area contributed by atoms with Crippen molar-refractivity contribution in [3.8, 4) is 11.5 Å². The second-order valence-electron chi connectivity index (χ2n) is 7.27. The summed E-state index contributed by atoms with van der Waals surface area (Å²) in [5, 5.41) is 2.87. The molecule has 3 aromatic rings. The molecule has 162 valence electrons. The van der Waals surface area contributed by atoms with Crippen molar-refractivity contribution in [2.45, 2.75) is 13.1 Å². The van der Waals surface area contributed by atoms with Gasteiger partial charge in [0.2, 0.25) is 0 Å². The molecule has 0 saturated carbocycles. The van der Waals surface area contributed by atoms with E-state index in [0.717, 1.165) is 11.1 Å². The number of carbonyl (C=O) groups is 3. The van der Waals surface area contributed by atoms with Crippen molar-refractivity contribution in [1.29, 1.82) is 0 Å². The number of hydrogen-bond acceptors (Lipinski definition) is 5. The molecule has 7 heteroatoms. The summed E-state index contributed by atoms with van der Waals surface area (Å²) in [4.78, 5) is 38.8. The maximum atomic E-state index is 12.6. The Kier molecular flexibility index (Phi) is 5.89. The third-order valence-electron chi connectivity index (χ3n) is 5.36. The van der Waals surface area contributed by atoms with Gasteiger partial charge in [-0.25, -0.2) is 0 Å². The highest BCUT2D eigenvalue weighted by Crippen LogP contribution is 2.30. The number of benzene rings is 3. The topological polar surface area (TPSA) is 84.9 Å². The summed E-state index contributed by atoms with van der Waals surface area (Å²) >= 11 is 0. The Hall–Kier alpha value is -4.13. The van der Waals surface area contributed by atoms with Gasteiger partial charge in [0, 0.05) is 17.7 Å². The largest absolute Gasteiger partial charge is 0.493 e. The molecule has 1 aliphatic heterocycles. The molecular formula is C25H22N2O5. The van der Waals surface area contributed by atoms with Crippen molar-refractivity contribution < 1.29 is 23.9 Å². The number of hydrogen-bond donors (Lipinski definition) is 1. The molecule has 1 N–H and O–H groups in total. The smallest absolute Gasteiger partial charge is 0.261 e. The molecule has 0 bridgehead atoms. The molecule has 3 amide bonds. The van der Waals surface area contributed by atoms with Crippen molar-refractivity contribution in [2.75, 3.05) is 14.2 Å². The van der Waals surface area contributed by atoms with E-state index in [4.69, 9.17) is 9.47 Å². The molecule has 7 nitrogen and oxygen atoms in total. The zero-order valence-electron chi connectivity index (χ0n) is 17.8. The Balaban J connectivity index is 1.41. The van der Waals surface area contributed by atoms with Crippen molar-refractivity contribution in [1.82, 2.24) is 10.2 Å². The molecule has 0 fully saturated rings. The van der Waals surface area contributed by atoms with Gasteiger partial charge in [0.05, 0.1) is 31.9 Å². The Morgan fingerprint density at radius 2 is 1.50 bits per heavy atom.